The molecule has 4 saturated carbocycles. The van der Waals surface area contributed by atoms with E-state index in [4.69, 9.17) is 14.2 Å². The van der Waals surface area contributed by atoms with Crippen LogP contribution in [0, 0.1) is 63.1 Å². The number of aromatic nitrogens is 1. The number of fused-ring (bicyclic) bond motifs is 6. The van der Waals surface area contributed by atoms with Crippen molar-refractivity contribution in [2.24, 2.45) is 51.8 Å². The zero-order valence-corrected chi connectivity index (χ0v) is 51.1. The number of ketones is 2. The fraction of sp³-hybridized carbons (Fsp3) is 0.698. The first-order valence-corrected chi connectivity index (χ1v) is 30.9. The molecule has 83 heavy (non-hydrogen) atoms. The number of amides is 4. The molecule has 5 N–H and O–H groups in total. The fourth-order valence-corrected chi connectivity index (χ4v) is 15.9. The zero-order chi connectivity index (χ0) is 60.6. The Kier molecular flexibility index (Phi) is 22.0. The number of rotatable bonds is 27. The number of nitrogens with zero attached hydrogens (tertiary/aromatic N) is 4. The minimum Gasteiger partial charge on any atom is -0.480 e. The number of carbonyl (C=O) groups excluding carboxylic acids is 6. The molecule has 0 saturated heterocycles. The number of hydrogen-bond acceptors (Lipinski definition) is 15. The quantitative estimate of drug-likeness (QED) is 0.0415. The van der Waals surface area contributed by atoms with Crippen molar-refractivity contribution in [2.45, 2.75) is 170 Å². The highest BCUT2D eigenvalue weighted by molar-refractivity contribution is 7.19. The van der Waals surface area contributed by atoms with Crippen LogP contribution in [0.4, 0.5) is 4.79 Å². The zero-order valence-electron chi connectivity index (χ0n) is 50.3. The van der Waals surface area contributed by atoms with Crippen molar-refractivity contribution < 1.29 is 63.1 Å². The lowest BCUT2D eigenvalue weighted by molar-refractivity contribution is -0.174. The first-order chi connectivity index (χ1) is 39.3. The Morgan fingerprint density at radius 2 is 1.55 bits per heavy atom. The molecule has 5 aliphatic rings. The summed E-state index contributed by atoms with van der Waals surface area (Å²) in [5.41, 5.74) is 1.32. The maximum Gasteiger partial charge on any atom is 0.415 e. The number of nitrogens with one attached hydrogen (secondary N) is 2. The largest absolute Gasteiger partial charge is 0.480 e. The molecule has 11 atom stereocenters. The van der Waals surface area contributed by atoms with Crippen LogP contribution in [0.1, 0.15) is 157 Å². The molecule has 20 heteroatoms. The lowest BCUT2D eigenvalue weighted by Gasteiger charge is -2.62. The van der Waals surface area contributed by atoms with Gasteiger partial charge in [-0.1, -0.05) is 34.6 Å². The van der Waals surface area contributed by atoms with Crippen molar-refractivity contribution in [3.05, 3.63) is 45.5 Å². The molecule has 2 unspecified atom stereocenters. The maximum absolute atomic E-state index is 13.6. The van der Waals surface area contributed by atoms with E-state index in [-0.39, 0.29) is 147 Å². The number of carboxylic acid groups (broad SMARTS) is 1. The van der Waals surface area contributed by atoms with E-state index >= 15 is 0 Å². The summed E-state index contributed by atoms with van der Waals surface area (Å²) in [6.07, 6.45) is 8.71. The molecular weight excluding hydrogens is 1080 g/mol. The predicted octanol–water partition coefficient (Wildman–Crippen LogP) is 8.33. The van der Waals surface area contributed by atoms with Gasteiger partial charge in [0.25, 0.3) is 0 Å². The molecule has 2 aromatic rings. The standard InChI is InChI=1S/C63H90N6O13S/c1-37(44-15-16-45-55-46(20-23-63(44,45)8)62(7)22-19-42(70)32-41(62)33-49(55)71)13-18-52(73)66-48(59(77)78)12-10-11-24-65-51(72)21-28-80-30-31-81-29-27-69(60(79)82-43-14-17-47-50(34-43)83-53(36-64)67-47)26-25-68(9)54(74)35-61(5,6)56-40(4)57(75)38(2)39(3)58(56)76/h14,17,34,37,41-42,44-46,48-49,55,70-71H,10-13,15-16,18-33,35H2,1-9H3,(H,65,72)(H,66,73)(H,77,78)/t37-,41+,42-,44-,45?,46+,48?,49+,55+,62+,63-/m1/s1. The molecule has 5 aliphatic carbocycles. The summed E-state index contributed by atoms with van der Waals surface area (Å²) in [6, 6.07) is 5.86. The third-order valence-corrected chi connectivity index (χ3v) is 20.9. The van der Waals surface area contributed by atoms with Crippen LogP contribution in [0.2, 0.25) is 0 Å². The molecule has 7 rings (SSSR count). The number of aliphatic hydroxyl groups excluding tert-OH is 2. The van der Waals surface area contributed by atoms with Gasteiger partial charge in [0.1, 0.15) is 17.9 Å². The second-order valence-corrected chi connectivity index (χ2v) is 26.7. The second-order valence-electron chi connectivity index (χ2n) is 25.6. The first kappa shape index (κ1) is 65.0. The molecule has 1 aromatic heterocycles. The molecule has 19 nitrogen and oxygen atoms in total. The van der Waals surface area contributed by atoms with Crippen LogP contribution in [-0.4, -0.2) is 149 Å². The van der Waals surface area contributed by atoms with Crippen LogP contribution >= 0.6 is 11.3 Å². The topological polar surface area (TPSA) is 275 Å². The number of aliphatic hydroxyl groups is 2. The Bertz CT molecular complexity index is 2840. The van der Waals surface area contributed by atoms with Crippen LogP contribution in [0.25, 0.3) is 10.2 Å². The van der Waals surface area contributed by atoms with Gasteiger partial charge in [0, 0.05) is 86.3 Å². The van der Waals surface area contributed by atoms with Crippen molar-refractivity contribution in [1.82, 2.24) is 25.4 Å². The van der Waals surface area contributed by atoms with Crippen LogP contribution < -0.4 is 15.4 Å². The number of carboxylic acids is 1. The molecule has 0 aliphatic heterocycles. The molecule has 1 aromatic carbocycles. The van der Waals surface area contributed by atoms with Gasteiger partial charge in [-0.2, -0.15) is 5.26 Å². The summed E-state index contributed by atoms with van der Waals surface area (Å²) in [6.45, 7) is 16.6. The SMILES string of the molecule is CC1=C(C)C(=O)C(C(C)(C)CC(=O)N(C)CCN(CCOCCOCCC(=O)NCCCCC(NC(=O)CC[C@@H](C)[C@H]2CCC3[C@@H]4[C@@H](O)C[C@@H]5C[C@H](O)CC[C@]5(C)[C@H]4CC[C@@]32C)C(=O)O)C(=O)Oc2ccc3nc(C#N)sc3c2)=C(C)C1=O. The van der Waals surface area contributed by atoms with Crippen molar-refractivity contribution in [1.29, 1.82) is 5.26 Å². The summed E-state index contributed by atoms with van der Waals surface area (Å²) >= 11 is 1.17. The third-order valence-electron chi connectivity index (χ3n) is 20.0. The Labute approximate surface area is 493 Å². The van der Waals surface area contributed by atoms with Crippen LogP contribution in [0.5, 0.6) is 5.75 Å². The van der Waals surface area contributed by atoms with Gasteiger partial charge < -0.3 is 50.0 Å². The van der Waals surface area contributed by atoms with Gasteiger partial charge in [-0.05, 0) is 156 Å². The first-order valence-electron chi connectivity index (χ1n) is 30.1. The Morgan fingerprint density at radius 1 is 0.855 bits per heavy atom. The molecule has 4 amide bonds. The summed E-state index contributed by atoms with van der Waals surface area (Å²) in [5.74, 6) is 0.163. The number of thiazole rings is 1. The van der Waals surface area contributed by atoms with Crippen LogP contribution in [-0.2, 0) is 38.2 Å². The van der Waals surface area contributed by atoms with Gasteiger partial charge in [0.2, 0.25) is 17.7 Å². The minimum atomic E-state index is -1.09. The Hall–Kier alpha value is -5.59. The summed E-state index contributed by atoms with van der Waals surface area (Å²) in [5, 5.41) is 47.2. The molecule has 0 radical (unpaired) electrons. The number of unbranched alkanes of at least 4 members (excludes halogenated alkanes) is 1. The third kappa shape index (κ3) is 15.3. The van der Waals surface area contributed by atoms with Gasteiger partial charge in [-0.15, -0.1) is 11.3 Å². The van der Waals surface area contributed by atoms with Gasteiger partial charge in [-0.3, -0.25) is 24.0 Å². The number of hydrogen-bond donors (Lipinski definition) is 5. The van der Waals surface area contributed by atoms with Crippen LogP contribution in [0.15, 0.2) is 40.5 Å². The normalized spacial score (nSPS) is 26.8. The molecular formula is C63H90N6O13S. The van der Waals surface area contributed by atoms with Crippen molar-refractivity contribution in [3.8, 4) is 11.8 Å². The maximum atomic E-state index is 13.6. The van der Waals surface area contributed by atoms with Gasteiger partial charge >= 0.3 is 12.1 Å². The monoisotopic (exact) mass is 1170 g/mol. The van der Waals surface area contributed by atoms with E-state index in [1.807, 2.05) is 6.07 Å². The molecule has 1 heterocycles. The number of ether oxygens (including phenoxy) is 3. The van der Waals surface area contributed by atoms with Crippen molar-refractivity contribution >= 4 is 62.9 Å². The molecule has 0 spiro atoms. The minimum absolute atomic E-state index is 0.0559. The van der Waals surface area contributed by atoms with E-state index in [1.165, 1.54) is 21.1 Å². The van der Waals surface area contributed by atoms with E-state index in [9.17, 15) is 54.1 Å². The van der Waals surface area contributed by atoms with E-state index in [0.29, 0.717) is 82.0 Å². The van der Waals surface area contributed by atoms with E-state index < -0.39 is 23.5 Å². The number of Topliss-reactive ketones (excluding diaryl/α,β-unsaturated/α-hetero) is 2. The van der Waals surface area contributed by atoms with Gasteiger partial charge in [-0.25, -0.2) is 14.6 Å². The van der Waals surface area contributed by atoms with E-state index in [2.05, 4.69) is 36.4 Å². The summed E-state index contributed by atoms with van der Waals surface area (Å²) < 4.78 is 17.8. The van der Waals surface area contributed by atoms with Gasteiger partial charge in [0.15, 0.2) is 16.6 Å². The average Bonchev–Trinajstić information content (AvgIpc) is 4.28. The Balaban J connectivity index is 0.776. The fourth-order valence-electron chi connectivity index (χ4n) is 15.1. The highest BCUT2D eigenvalue weighted by Crippen LogP contribution is 2.68. The number of nitriles is 1. The number of carbonyl (C=O) groups is 7. The number of likely N-dealkylation sites (N-methyl/N-ethyl adjacent to an activating group) is 1. The highest BCUT2D eigenvalue weighted by Gasteiger charge is 2.63. The number of aliphatic carboxylic acids is 1. The van der Waals surface area contributed by atoms with E-state index in [1.54, 1.807) is 59.9 Å². The highest BCUT2D eigenvalue weighted by atomic mass is 32.1. The lowest BCUT2D eigenvalue weighted by atomic mass is 9.43. The smallest absolute Gasteiger partial charge is 0.415 e. The predicted molar refractivity (Wildman–Crippen MR) is 313 cm³/mol. The van der Waals surface area contributed by atoms with Gasteiger partial charge in [0.05, 0.1) is 48.9 Å². The Morgan fingerprint density at radius 3 is 2.28 bits per heavy atom. The molecule has 0 bridgehead atoms. The number of benzene rings is 1. The summed E-state index contributed by atoms with van der Waals surface area (Å²) in [7, 11) is 1.60. The van der Waals surface area contributed by atoms with Crippen LogP contribution in [0.3, 0.4) is 0 Å². The van der Waals surface area contributed by atoms with Crippen molar-refractivity contribution in [3.63, 3.8) is 0 Å². The molecule has 4 fully saturated rings. The molecule has 456 valence electrons. The average molecular weight is 1170 g/mol. The lowest BCUT2D eigenvalue weighted by Crippen LogP contribution is -2.58. The van der Waals surface area contributed by atoms with E-state index in [0.717, 1.165) is 51.4 Å². The summed E-state index contributed by atoms with van der Waals surface area (Å²) in [4.78, 5) is 98.6. The van der Waals surface area contributed by atoms with Crippen molar-refractivity contribution in [2.75, 3.05) is 59.7 Å². The second kappa shape index (κ2) is 28.1. The number of allylic oxidation sites excluding steroid dienone is 4.